The molecule has 0 aromatic rings. The second kappa shape index (κ2) is 88.2. The van der Waals surface area contributed by atoms with Crippen LogP contribution in [0.1, 0.15) is 367 Å². The standard InChI is InChI=1S/C97H164O16P2/c1-4-7-10-13-16-19-22-25-28-31-34-37-39-41-43-45-47-49-51-54-56-59-62-65-68-71-74-77-80-83-95(100)107-86-92(98)87-109-114(103,104)110-88-93(99)89-111-115(105,106)112-91-94(113-97(102)85-82-79-76-73-70-67-64-61-58-53-36-33-30-27-24-21-18-15-12-9-6-3)90-108-96(101)84-81-78-75-72-69-66-63-60-57-55-52-50-48-46-44-42-40-38-35-32-29-26-23-20-17-14-11-8-5-2/h9,12,16-21,25-30,34-38,41-44,53,61,64,70,73,92-94,98-99H,4-8,10-11,13-15,22-24,31-33,39-40,45-52,54-60,62-63,65-69,71-72,74-91H2,1-3H3,(H,103,104)(H,105,106)/b12-9-,19-16-,20-17-,21-18-,28-25-,29-26-,30-27-,37-34-,38-35-,43-41-,44-42-,53-36-,64-61-,73-70-. The second-order valence-electron chi connectivity index (χ2n) is 30.0. The Hall–Kier alpha value is -5.09. The molecule has 18 heteroatoms. The molecule has 0 bridgehead atoms. The summed E-state index contributed by atoms with van der Waals surface area (Å²) < 4.78 is 61.4. The van der Waals surface area contributed by atoms with E-state index in [2.05, 4.69) is 191 Å². The van der Waals surface area contributed by atoms with Crippen molar-refractivity contribution < 1.29 is 75.8 Å². The summed E-state index contributed by atoms with van der Waals surface area (Å²) in [6.07, 6.45) is 114. The average molecular weight is 1650 g/mol. The van der Waals surface area contributed by atoms with Crippen LogP contribution in [0, 0.1) is 0 Å². The molecular weight excluding hydrogens is 1480 g/mol. The first-order chi connectivity index (χ1) is 56.2. The molecule has 115 heavy (non-hydrogen) atoms. The van der Waals surface area contributed by atoms with Gasteiger partial charge in [-0.15, -0.1) is 0 Å². The summed E-state index contributed by atoms with van der Waals surface area (Å²) in [4.78, 5) is 59.0. The number of esters is 3. The van der Waals surface area contributed by atoms with Crippen LogP contribution >= 0.6 is 15.6 Å². The summed E-state index contributed by atoms with van der Waals surface area (Å²) in [6.45, 7) is 2.49. The lowest BCUT2D eigenvalue weighted by Crippen LogP contribution is -2.30. The number of unbranched alkanes of at least 4 members (excludes halogenated alkanes) is 34. The quantitative estimate of drug-likeness (QED) is 0.0146. The van der Waals surface area contributed by atoms with Crippen LogP contribution in [0.25, 0.3) is 0 Å². The van der Waals surface area contributed by atoms with E-state index < -0.39 is 91.5 Å². The lowest BCUT2D eigenvalue weighted by molar-refractivity contribution is -0.161. The van der Waals surface area contributed by atoms with Crippen LogP contribution in [-0.2, 0) is 55.8 Å². The molecule has 658 valence electrons. The summed E-state index contributed by atoms with van der Waals surface area (Å²) in [5.41, 5.74) is 0. The topological polar surface area (TPSA) is 231 Å². The molecule has 0 saturated heterocycles. The van der Waals surface area contributed by atoms with Gasteiger partial charge >= 0.3 is 33.6 Å². The van der Waals surface area contributed by atoms with E-state index in [1.54, 1.807) is 0 Å². The van der Waals surface area contributed by atoms with Crippen LogP contribution in [0.4, 0.5) is 0 Å². The van der Waals surface area contributed by atoms with Crippen LogP contribution < -0.4 is 0 Å². The molecule has 16 nitrogen and oxygen atoms in total. The highest BCUT2D eigenvalue weighted by Crippen LogP contribution is 2.45. The number of aliphatic hydroxyl groups excluding tert-OH is 2. The number of phosphoric acid groups is 2. The van der Waals surface area contributed by atoms with Crippen molar-refractivity contribution in [1.82, 2.24) is 0 Å². The number of hydrogen-bond donors (Lipinski definition) is 4. The molecule has 0 aromatic heterocycles. The molecule has 0 amide bonds. The fraction of sp³-hybridized carbons (Fsp3) is 0.680. The van der Waals surface area contributed by atoms with Gasteiger partial charge in [-0.05, 0) is 161 Å². The third-order valence-electron chi connectivity index (χ3n) is 18.9. The minimum atomic E-state index is -4.96. The first kappa shape index (κ1) is 110. The van der Waals surface area contributed by atoms with Gasteiger partial charge < -0.3 is 34.2 Å². The minimum Gasteiger partial charge on any atom is -0.463 e. The van der Waals surface area contributed by atoms with Gasteiger partial charge in [-0.25, -0.2) is 9.13 Å². The van der Waals surface area contributed by atoms with Gasteiger partial charge in [0.2, 0.25) is 0 Å². The maximum Gasteiger partial charge on any atom is 0.472 e. The SMILES string of the molecule is CC/C=C\C/C=C\C/C=C\C/C=C\C/C=C\C/C=C\CCCCC(=O)OC(COC(=O)CCCCCCCCCCCCCCC/C=C\C/C=C\C/C=C\C/C=C\CCCCC)COP(=O)(O)OCC(O)COP(=O)(O)OCC(O)COC(=O)CCCCCCCCCCCCCCC/C=C\C/C=C\C/C=C\C/C=C\CCCCC. The van der Waals surface area contributed by atoms with Crippen LogP contribution in [0.2, 0.25) is 0 Å². The monoisotopic (exact) mass is 1650 g/mol. The molecule has 0 rings (SSSR count). The van der Waals surface area contributed by atoms with Crippen LogP contribution in [0.3, 0.4) is 0 Å². The zero-order chi connectivity index (χ0) is 83.6. The highest BCUT2D eigenvalue weighted by Gasteiger charge is 2.29. The number of rotatable bonds is 85. The summed E-state index contributed by atoms with van der Waals surface area (Å²) in [7, 11) is -9.83. The van der Waals surface area contributed by atoms with E-state index in [9.17, 15) is 43.5 Å². The maximum atomic E-state index is 13.0. The highest BCUT2D eigenvalue weighted by atomic mass is 31.2. The summed E-state index contributed by atoms with van der Waals surface area (Å²) in [5.74, 6) is -1.63. The first-order valence-corrected chi connectivity index (χ1v) is 48.4. The normalized spacial score (nSPS) is 14.6. The molecule has 0 spiro atoms. The summed E-state index contributed by atoms with van der Waals surface area (Å²) in [6, 6.07) is 0. The van der Waals surface area contributed by atoms with Crippen molar-refractivity contribution >= 4 is 33.6 Å². The van der Waals surface area contributed by atoms with Gasteiger partial charge in [-0.3, -0.25) is 32.5 Å². The lowest BCUT2D eigenvalue weighted by Gasteiger charge is -2.21. The molecule has 4 N–H and O–H groups in total. The van der Waals surface area contributed by atoms with E-state index in [1.165, 1.54) is 161 Å². The Kier molecular flexibility index (Phi) is 84.3. The van der Waals surface area contributed by atoms with E-state index in [4.69, 9.17) is 32.3 Å². The van der Waals surface area contributed by atoms with Crippen LogP contribution in [0.5, 0.6) is 0 Å². The second-order valence-corrected chi connectivity index (χ2v) is 32.9. The van der Waals surface area contributed by atoms with Gasteiger partial charge in [0.15, 0.2) is 6.10 Å². The van der Waals surface area contributed by atoms with Crippen LogP contribution in [0.15, 0.2) is 170 Å². The Morgan fingerprint density at radius 3 is 0.748 bits per heavy atom. The summed E-state index contributed by atoms with van der Waals surface area (Å²) >= 11 is 0. The zero-order valence-electron chi connectivity index (χ0n) is 72.4. The van der Waals surface area contributed by atoms with Crippen molar-refractivity contribution in [2.75, 3.05) is 39.6 Å². The molecule has 0 aromatic carbocycles. The number of carbonyl (C=O) groups excluding carboxylic acids is 3. The Bertz CT molecular complexity index is 2770. The fourth-order valence-electron chi connectivity index (χ4n) is 12.0. The van der Waals surface area contributed by atoms with Crippen molar-refractivity contribution in [3.05, 3.63) is 170 Å². The summed E-state index contributed by atoms with van der Waals surface area (Å²) in [5, 5.41) is 20.7. The van der Waals surface area contributed by atoms with E-state index in [-0.39, 0.29) is 19.3 Å². The molecule has 0 aliphatic heterocycles. The minimum absolute atomic E-state index is 0.0445. The Morgan fingerprint density at radius 1 is 0.252 bits per heavy atom. The van der Waals surface area contributed by atoms with Gasteiger partial charge in [-0.2, -0.15) is 0 Å². The number of allylic oxidation sites excluding steroid dienone is 28. The number of ether oxygens (including phenoxy) is 3. The lowest BCUT2D eigenvalue weighted by atomic mass is 10.0. The van der Waals surface area contributed by atoms with Gasteiger partial charge in [0, 0.05) is 19.3 Å². The molecule has 0 radical (unpaired) electrons. The molecule has 0 heterocycles. The maximum absolute atomic E-state index is 13.0. The molecule has 0 fully saturated rings. The number of carbonyl (C=O) groups is 3. The van der Waals surface area contributed by atoms with Crippen LogP contribution in [-0.4, -0.2) is 95.9 Å². The molecule has 0 aliphatic carbocycles. The van der Waals surface area contributed by atoms with Gasteiger partial charge in [0.25, 0.3) is 0 Å². The van der Waals surface area contributed by atoms with Gasteiger partial charge in [-0.1, -0.05) is 358 Å². The molecule has 0 saturated carbocycles. The predicted octanol–water partition coefficient (Wildman–Crippen LogP) is 27.9. The third kappa shape index (κ3) is 89.5. The number of phosphoric ester groups is 2. The van der Waals surface area contributed by atoms with Crippen molar-refractivity contribution in [2.45, 2.75) is 386 Å². The van der Waals surface area contributed by atoms with E-state index in [1.807, 2.05) is 0 Å². The van der Waals surface area contributed by atoms with Crippen molar-refractivity contribution in [3.63, 3.8) is 0 Å². The largest absolute Gasteiger partial charge is 0.472 e. The molecule has 0 aliphatic rings. The average Bonchev–Trinajstić information content (AvgIpc) is 0.888. The fourth-order valence-corrected chi connectivity index (χ4v) is 13.6. The van der Waals surface area contributed by atoms with E-state index in [0.29, 0.717) is 25.7 Å². The van der Waals surface area contributed by atoms with Crippen molar-refractivity contribution in [3.8, 4) is 0 Å². The first-order valence-electron chi connectivity index (χ1n) is 45.4. The Labute approximate surface area is 701 Å². The van der Waals surface area contributed by atoms with Crippen molar-refractivity contribution in [1.29, 1.82) is 0 Å². The van der Waals surface area contributed by atoms with E-state index in [0.717, 1.165) is 141 Å². The van der Waals surface area contributed by atoms with E-state index >= 15 is 0 Å². The predicted molar refractivity (Wildman–Crippen MR) is 482 cm³/mol. The zero-order valence-corrected chi connectivity index (χ0v) is 74.2. The Morgan fingerprint density at radius 2 is 0.461 bits per heavy atom. The molecular formula is C97H164O16P2. The Balaban J connectivity index is 4.65. The van der Waals surface area contributed by atoms with Crippen molar-refractivity contribution in [2.24, 2.45) is 0 Å². The smallest absolute Gasteiger partial charge is 0.463 e. The number of aliphatic hydroxyl groups is 2. The highest BCUT2D eigenvalue weighted by molar-refractivity contribution is 7.47. The van der Waals surface area contributed by atoms with Gasteiger partial charge in [0.1, 0.15) is 25.4 Å². The third-order valence-corrected chi connectivity index (χ3v) is 20.8. The number of hydrogen-bond acceptors (Lipinski definition) is 14. The molecule has 5 unspecified atom stereocenters. The van der Waals surface area contributed by atoms with Gasteiger partial charge in [0.05, 0.1) is 26.4 Å². The molecule has 5 atom stereocenters.